The number of benzene rings is 1. The second-order valence-corrected chi connectivity index (χ2v) is 7.32. The van der Waals surface area contributed by atoms with Gasteiger partial charge < -0.3 is 15.4 Å². The van der Waals surface area contributed by atoms with Gasteiger partial charge in [-0.25, -0.2) is 8.42 Å². The maximum absolute atomic E-state index is 11.8. The summed E-state index contributed by atoms with van der Waals surface area (Å²) >= 11 is 0. The number of methoxy groups -OCH3 is 1. The van der Waals surface area contributed by atoms with E-state index in [9.17, 15) is 13.2 Å². The van der Waals surface area contributed by atoms with Crippen LogP contribution in [0.5, 0.6) is 5.75 Å². The molecule has 116 valence electrons. The first kappa shape index (κ1) is 15.8. The molecule has 1 aliphatic rings. The van der Waals surface area contributed by atoms with Gasteiger partial charge in [-0.15, -0.1) is 0 Å². The van der Waals surface area contributed by atoms with E-state index in [0.29, 0.717) is 13.1 Å². The van der Waals surface area contributed by atoms with Crippen LogP contribution in [-0.2, 0) is 21.2 Å². The standard InChI is InChI=1S/C14H20N2O4S/c1-20-13-4-2-11(3-5-13)9-16-14(17)8-12-10-21(18,19)7-6-15-12/h2-5,12,15H,6-10H2,1H3,(H,16,17). The number of carbonyl (C=O) groups excluding carboxylic acids is 1. The van der Waals surface area contributed by atoms with Crippen LogP contribution < -0.4 is 15.4 Å². The highest BCUT2D eigenvalue weighted by atomic mass is 32.2. The number of nitrogens with one attached hydrogen (secondary N) is 2. The van der Waals surface area contributed by atoms with Crippen molar-refractivity contribution in [2.45, 2.75) is 19.0 Å². The second kappa shape index (κ2) is 6.91. The van der Waals surface area contributed by atoms with Crippen LogP contribution in [0.4, 0.5) is 0 Å². The Morgan fingerprint density at radius 1 is 1.38 bits per heavy atom. The molecule has 1 amide bonds. The van der Waals surface area contributed by atoms with Crippen molar-refractivity contribution in [2.24, 2.45) is 0 Å². The summed E-state index contributed by atoms with van der Waals surface area (Å²) in [6.45, 7) is 0.834. The molecule has 0 bridgehead atoms. The highest BCUT2D eigenvalue weighted by molar-refractivity contribution is 7.91. The van der Waals surface area contributed by atoms with E-state index in [0.717, 1.165) is 11.3 Å². The van der Waals surface area contributed by atoms with Gasteiger partial charge in [0.05, 0.1) is 18.6 Å². The van der Waals surface area contributed by atoms with Gasteiger partial charge in [0.25, 0.3) is 0 Å². The Morgan fingerprint density at radius 3 is 2.71 bits per heavy atom. The molecule has 1 unspecified atom stereocenters. The van der Waals surface area contributed by atoms with Crippen molar-refractivity contribution in [2.75, 3.05) is 25.2 Å². The van der Waals surface area contributed by atoms with Crippen LogP contribution >= 0.6 is 0 Å². The lowest BCUT2D eigenvalue weighted by Crippen LogP contribution is -2.47. The summed E-state index contributed by atoms with van der Waals surface area (Å²) in [6, 6.07) is 7.12. The number of rotatable bonds is 5. The van der Waals surface area contributed by atoms with Gasteiger partial charge in [0.15, 0.2) is 9.84 Å². The first-order valence-corrected chi connectivity index (χ1v) is 8.64. The Hall–Kier alpha value is -1.60. The molecule has 0 spiro atoms. The summed E-state index contributed by atoms with van der Waals surface area (Å²) in [7, 11) is -1.41. The number of amides is 1. The third-order valence-corrected chi connectivity index (χ3v) is 5.12. The van der Waals surface area contributed by atoms with Crippen LogP contribution in [0.3, 0.4) is 0 Å². The van der Waals surface area contributed by atoms with Crippen molar-refractivity contribution in [1.82, 2.24) is 10.6 Å². The van der Waals surface area contributed by atoms with Gasteiger partial charge in [0, 0.05) is 25.6 Å². The van der Waals surface area contributed by atoms with E-state index in [-0.39, 0.29) is 29.9 Å². The number of sulfone groups is 1. The van der Waals surface area contributed by atoms with Crippen molar-refractivity contribution in [3.63, 3.8) is 0 Å². The first-order chi connectivity index (χ1) is 9.98. The molecular formula is C14H20N2O4S. The van der Waals surface area contributed by atoms with E-state index < -0.39 is 9.84 Å². The minimum atomic E-state index is -3.01. The fourth-order valence-corrected chi connectivity index (χ4v) is 3.68. The van der Waals surface area contributed by atoms with Crippen molar-refractivity contribution in [3.8, 4) is 5.75 Å². The quantitative estimate of drug-likeness (QED) is 0.805. The molecule has 0 saturated carbocycles. The van der Waals surface area contributed by atoms with Gasteiger partial charge in [0.2, 0.25) is 5.91 Å². The van der Waals surface area contributed by atoms with E-state index in [2.05, 4.69) is 10.6 Å². The molecule has 1 aliphatic heterocycles. The highest BCUT2D eigenvalue weighted by Gasteiger charge is 2.25. The zero-order chi connectivity index (χ0) is 15.3. The third kappa shape index (κ3) is 5.02. The van der Waals surface area contributed by atoms with Crippen LogP contribution in [0.15, 0.2) is 24.3 Å². The number of carbonyl (C=O) groups is 1. The molecule has 0 radical (unpaired) electrons. The summed E-state index contributed by atoms with van der Waals surface area (Å²) in [5, 5.41) is 5.86. The van der Waals surface area contributed by atoms with Gasteiger partial charge in [-0.1, -0.05) is 12.1 Å². The molecule has 1 aromatic carbocycles. The van der Waals surface area contributed by atoms with Gasteiger partial charge in [-0.2, -0.15) is 0 Å². The topological polar surface area (TPSA) is 84.5 Å². The fourth-order valence-electron chi connectivity index (χ4n) is 2.24. The van der Waals surface area contributed by atoms with Crippen molar-refractivity contribution < 1.29 is 17.9 Å². The lowest BCUT2D eigenvalue weighted by atomic mass is 10.2. The Labute approximate surface area is 124 Å². The van der Waals surface area contributed by atoms with E-state index in [4.69, 9.17) is 4.74 Å². The van der Waals surface area contributed by atoms with Gasteiger partial charge in [-0.05, 0) is 17.7 Å². The Morgan fingerprint density at radius 2 is 2.10 bits per heavy atom. The summed E-state index contributed by atoms with van der Waals surface area (Å²) in [5.41, 5.74) is 0.966. The average Bonchev–Trinajstić information content (AvgIpc) is 2.44. The van der Waals surface area contributed by atoms with Crippen LogP contribution in [-0.4, -0.2) is 45.5 Å². The van der Waals surface area contributed by atoms with Crippen LogP contribution in [0, 0.1) is 0 Å². The first-order valence-electron chi connectivity index (χ1n) is 6.82. The lowest BCUT2D eigenvalue weighted by Gasteiger charge is -2.23. The molecular weight excluding hydrogens is 292 g/mol. The highest BCUT2D eigenvalue weighted by Crippen LogP contribution is 2.11. The van der Waals surface area contributed by atoms with Crippen LogP contribution in [0.1, 0.15) is 12.0 Å². The molecule has 1 fully saturated rings. The minimum absolute atomic E-state index is 0.0307. The molecule has 1 atom stereocenters. The van der Waals surface area contributed by atoms with E-state index in [1.54, 1.807) is 7.11 Å². The molecule has 1 saturated heterocycles. The SMILES string of the molecule is COc1ccc(CNC(=O)CC2CS(=O)(=O)CCN2)cc1. The minimum Gasteiger partial charge on any atom is -0.497 e. The largest absolute Gasteiger partial charge is 0.497 e. The van der Waals surface area contributed by atoms with Crippen molar-refractivity contribution in [1.29, 1.82) is 0 Å². The predicted octanol–water partition coefficient (Wildman–Crippen LogP) is 0.0881. The molecule has 2 N–H and O–H groups in total. The fraction of sp³-hybridized carbons (Fsp3) is 0.500. The number of hydrogen-bond donors (Lipinski definition) is 2. The zero-order valence-corrected chi connectivity index (χ0v) is 12.8. The summed E-state index contributed by atoms with van der Waals surface area (Å²) in [5.74, 6) is 0.794. The molecule has 1 aromatic rings. The molecule has 7 heteroatoms. The normalized spacial score (nSPS) is 20.7. The second-order valence-electron chi connectivity index (χ2n) is 5.09. The summed E-state index contributed by atoms with van der Waals surface area (Å²) < 4.78 is 28.1. The smallest absolute Gasteiger partial charge is 0.221 e. The van der Waals surface area contributed by atoms with E-state index in [1.807, 2.05) is 24.3 Å². The van der Waals surface area contributed by atoms with E-state index >= 15 is 0 Å². The maximum Gasteiger partial charge on any atom is 0.221 e. The predicted molar refractivity (Wildman–Crippen MR) is 79.9 cm³/mol. The molecule has 2 rings (SSSR count). The van der Waals surface area contributed by atoms with Crippen LogP contribution in [0.25, 0.3) is 0 Å². The molecule has 0 aromatic heterocycles. The third-order valence-electron chi connectivity index (χ3n) is 3.38. The Bertz CT molecular complexity index is 583. The monoisotopic (exact) mass is 312 g/mol. The molecule has 6 nitrogen and oxygen atoms in total. The summed E-state index contributed by atoms with van der Waals surface area (Å²) in [4.78, 5) is 11.8. The van der Waals surface area contributed by atoms with Gasteiger partial charge in [0.1, 0.15) is 5.75 Å². The van der Waals surface area contributed by atoms with Crippen molar-refractivity contribution in [3.05, 3.63) is 29.8 Å². The lowest BCUT2D eigenvalue weighted by molar-refractivity contribution is -0.121. The summed E-state index contributed by atoms with van der Waals surface area (Å²) in [6.07, 6.45) is 0.176. The van der Waals surface area contributed by atoms with E-state index in [1.165, 1.54) is 0 Å². The van der Waals surface area contributed by atoms with Gasteiger partial charge in [-0.3, -0.25) is 4.79 Å². The number of ether oxygens (including phenoxy) is 1. The van der Waals surface area contributed by atoms with Crippen LogP contribution in [0.2, 0.25) is 0 Å². The average molecular weight is 312 g/mol. The molecule has 0 aliphatic carbocycles. The number of hydrogen-bond acceptors (Lipinski definition) is 5. The Kier molecular flexibility index (Phi) is 5.19. The van der Waals surface area contributed by atoms with Crippen molar-refractivity contribution >= 4 is 15.7 Å². The molecule has 21 heavy (non-hydrogen) atoms. The molecule has 1 heterocycles. The zero-order valence-electron chi connectivity index (χ0n) is 12.0. The van der Waals surface area contributed by atoms with Gasteiger partial charge >= 0.3 is 0 Å². The maximum atomic E-state index is 11.8. The Balaban J connectivity index is 1.79.